The molecule has 1 unspecified atom stereocenters. The normalized spacial score (nSPS) is 16.1. The molecule has 6 nitrogen and oxygen atoms in total. The summed E-state index contributed by atoms with van der Waals surface area (Å²) in [6.07, 6.45) is 0.707. The monoisotopic (exact) mass is 549 g/mol. The summed E-state index contributed by atoms with van der Waals surface area (Å²) in [6.45, 7) is 0.0885. The Balaban J connectivity index is 1.74. The maximum absolute atomic E-state index is 14.3. The van der Waals surface area contributed by atoms with Crippen LogP contribution in [-0.4, -0.2) is 25.7 Å². The molecule has 4 N–H and O–H groups in total. The molecule has 0 aliphatic carbocycles. The number of aryl methyl sites for hydroxylation is 1. The van der Waals surface area contributed by atoms with Crippen molar-refractivity contribution in [2.75, 3.05) is 5.75 Å². The van der Waals surface area contributed by atoms with Crippen LogP contribution in [0.4, 0.5) is 8.78 Å². The number of benzene rings is 2. The summed E-state index contributed by atoms with van der Waals surface area (Å²) in [5.41, 5.74) is 3.37. The second kappa shape index (κ2) is 8.46. The number of alkyl halides is 2. The molecule has 31 heavy (non-hydrogen) atoms. The molecule has 12 heteroatoms. The van der Waals surface area contributed by atoms with Gasteiger partial charge in [0.25, 0.3) is 0 Å². The van der Waals surface area contributed by atoms with E-state index in [2.05, 4.69) is 15.9 Å². The Morgan fingerprint density at radius 3 is 2.74 bits per heavy atom. The minimum Gasteiger partial charge on any atom is -0.487 e. The number of nitrogens with two attached hydrogens (primary N) is 1. The fraction of sp³-hybridized carbons (Fsp3) is 0.211. The Morgan fingerprint density at radius 1 is 1.32 bits per heavy atom. The average molecular weight is 550 g/mol. The van der Waals surface area contributed by atoms with E-state index in [0.29, 0.717) is 28.2 Å². The molecule has 2 heterocycles. The fourth-order valence-corrected chi connectivity index (χ4v) is 7.37. The SMILES string of the molecule is NC(=O)c1cc(OCc2ccc3c(c2)CCS3=O)c2sc(C(F)(F)P(O)O)c(Br)c2c1. The number of amides is 1. The highest BCUT2D eigenvalue weighted by atomic mass is 79.9. The molecule has 164 valence electrons. The molecular formula is C19H15BrF2NO5PS2. The van der Waals surface area contributed by atoms with Crippen LogP contribution >= 0.6 is 35.6 Å². The molecule has 1 aliphatic rings. The predicted molar refractivity (Wildman–Crippen MR) is 119 cm³/mol. The van der Waals surface area contributed by atoms with E-state index < -0.39 is 35.6 Å². The van der Waals surface area contributed by atoms with Crippen molar-refractivity contribution in [3.63, 3.8) is 0 Å². The highest BCUT2D eigenvalue weighted by molar-refractivity contribution is 9.10. The highest BCUT2D eigenvalue weighted by Crippen LogP contribution is 2.58. The van der Waals surface area contributed by atoms with Gasteiger partial charge >= 0.3 is 5.66 Å². The first-order chi connectivity index (χ1) is 14.6. The molecule has 1 aliphatic heterocycles. The zero-order chi connectivity index (χ0) is 22.5. The lowest BCUT2D eigenvalue weighted by Gasteiger charge is -2.15. The molecule has 0 fully saturated rings. The van der Waals surface area contributed by atoms with Crippen LogP contribution in [0.3, 0.4) is 0 Å². The summed E-state index contributed by atoms with van der Waals surface area (Å²) in [4.78, 5) is 30.3. The van der Waals surface area contributed by atoms with E-state index in [1.807, 2.05) is 6.07 Å². The van der Waals surface area contributed by atoms with Gasteiger partial charge < -0.3 is 20.3 Å². The number of hydrogen-bond donors (Lipinski definition) is 3. The van der Waals surface area contributed by atoms with Gasteiger partial charge in [-0.05, 0) is 51.7 Å². The van der Waals surface area contributed by atoms with Crippen LogP contribution in [0.25, 0.3) is 10.1 Å². The lowest BCUT2D eigenvalue weighted by atomic mass is 10.1. The van der Waals surface area contributed by atoms with E-state index >= 15 is 0 Å². The van der Waals surface area contributed by atoms with Gasteiger partial charge in [-0.25, -0.2) is 0 Å². The van der Waals surface area contributed by atoms with Crippen LogP contribution in [0.5, 0.6) is 5.75 Å². The Morgan fingerprint density at radius 2 is 2.06 bits per heavy atom. The number of halogens is 3. The second-order valence-corrected chi connectivity index (χ2v) is 11.3. The largest absolute Gasteiger partial charge is 0.487 e. The van der Waals surface area contributed by atoms with Gasteiger partial charge in [-0.3, -0.25) is 9.00 Å². The number of hydrogen-bond acceptors (Lipinski definition) is 6. The number of carbonyl (C=O) groups is 1. The molecule has 4 rings (SSSR count). The topological polar surface area (TPSA) is 110 Å². The van der Waals surface area contributed by atoms with E-state index in [1.54, 1.807) is 12.1 Å². The summed E-state index contributed by atoms with van der Waals surface area (Å²) in [5.74, 6) is -0.00702. The zero-order valence-electron chi connectivity index (χ0n) is 15.6. The lowest BCUT2D eigenvalue weighted by Crippen LogP contribution is -2.11. The van der Waals surface area contributed by atoms with Crippen molar-refractivity contribution in [1.82, 2.24) is 0 Å². The summed E-state index contributed by atoms with van der Waals surface area (Å²) in [7, 11) is -4.56. The van der Waals surface area contributed by atoms with Crippen LogP contribution < -0.4 is 10.5 Å². The van der Waals surface area contributed by atoms with Crippen molar-refractivity contribution < 1.29 is 32.3 Å². The minimum absolute atomic E-state index is 0.0546. The van der Waals surface area contributed by atoms with Gasteiger partial charge in [0.05, 0.1) is 20.4 Å². The van der Waals surface area contributed by atoms with Crippen LogP contribution in [0.2, 0.25) is 0 Å². The Bertz CT molecular complexity index is 1230. The predicted octanol–water partition coefficient (Wildman–Crippen LogP) is 4.35. The number of fused-ring (bicyclic) bond motifs is 2. The lowest BCUT2D eigenvalue weighted by molar-refractivity contribution is 0.0766. The molecule has 3 aromatic rings. The minimum atomic E-state index is -3.86. The average Bonchev–Trinajstić information content (AvgIpc) is 3.26. The van der Waals surface area contributed by atoms with Crippen LogP contribution in [-0.2, 0) is 29.5 Å². The van der Waals surface area contributed by atoms with Crippen LogP contribution in [0.15, 0.2) is 39.7 Å². The maximum atomic E-state index is 14.3. The van der Waals surface area contributed by atoms with Crippen LogP contribution in [0.1, 0.15) is 26.4 Å². The first kappa shape index (κ1) is 22.7. The van der Waals surface area contributed by atoms with E-state index in [4.69, 9.17) is 10.5 Å². The number of primary amides is 1. The quantitative estimate of drug-likeness (QED) is 0.396. The third-order valence-corrected chi connectivity index (χ3v) is 9.54. The molecule has 0 bridgehead atoms. The van der Waals surface area contributed by atoms with E-state index in [0.717, 1.165) is 16.0 Å². The fourth-order valence-electron chi connectivity index (χ4n) is 3.29. The molecule has 1 atom stereocenters. The Labute approximate surface area is 191 Å². The van der Waals surface area contributed by atoms with E-state index in [1.165, 1.54) is 12.1 Å². The van der Waals surface area contributed by atoms with Crippen molar-refractivity contribution in [3.8, 4) is 5.75 Å². The Hall–Kier alpha value is -1.49. The summed E-state index contributed by atoms with van der Waals surface area (Å²) in [5, 5.41) is 0.257. The molecule has 1 amide bonds. The number of thiophene rings is 1. The molecular weight excluding hydrogens is 535 g/mol. The molecule has 0 saturated heterocycles. The van der Waals surface area contributed by atoms with E-state index in [9.17, 15) is 27.6 Å². The van der Waals surface area contributed by atoms with Crippen molar-refractivity contribution in [1.29, 1.82) is 0 Å². The van der Waals surface area contributed by atoms with E-state index in [-0.39, 0.29) is 27.8 Å². The van der Waals surface area contributed by atoms with Crippen molar-refractivity contribution >= 4 is 62.4 Å². The first-order valence-electron chi connectivity index (χ1n) is 8.84. The van der Waals surface area contributed by atoms with Crippen molar-refractivity contribution in [2.24, 2.45) is 5.73 Å². The summed E-state index contributed by atoms with van der Waals surface area (Å²) < 4.78 is 46.7. The van der Waals surface area contributed by atoms with Crippen molar-refractivity contribution in [3.05, 3.63) is 56.4 Å². The van der Waals surface area contributed by atoms with Gasteiger partial charge in [0, 0.05) is 26.1 Å². The third kappa shape index (κ3) is 4.15. The summed E-state index contributed by atoms with van der Waals surface area (Å²) >= 11 is 3.73. The summed E-state index contributed by atoms with van der Waals surface area (Å²) in [6, 6.07) is 8.19. The van der Waals surface area contributed by atoms with Gasteiger partial charge in [0.1, 0.15) is 12.4 Å². The number of rotatable bonds is 6. The molecule has 0 saturated carbocycles. The van der Waals surface area contributed by atoms with Gasteiger partial charge in [0.15, 0.2) is 0 Å². The zero-order valence-corrected chi connectivity index (χ0v) is 19.7. The van der Waals surface area contributed by atoms with Gasteiger partial charge in [-0.1, -0.05) is 12.1 Å². The van der Waals surface area contributed by atoms with Gasteiger partial charge in [0.2, 0.25) is 14.3 Å². The Kier molecular flexibility index (Phi) is 6.19. The second-order valence-electron chi connectivity index (χ2n) is 6.82. The number of carbonyl (C=O) groups excluding carboxylic acids is 1. The molecule has 1 aromatic heterocycles. The van der Waals surface area contributed by atoms with Gasteiger partial charge in [-0.15, -0.1) is 11.3 Å². The molecule has 0 radical (unpaired) electrons. The number of ether oxygens (including phenoxy) is 1. The van der Waals surface area contributed by atoms with Crippen molar-refractivity contribution in [2.45, 2.75) is 23.6 Å². The first-order valence-corrected chi connectivity index (χ1v) is 13.0. The highest BCUT2D eigenvalue weighted by Gasteiger charge is 2.45. The standard InChI is InChI=1S/C19H15BrF2NO5PS2/c20-15-12-6-11(18(23)24)7-13(16(12)30-17(15)19(21,22)29(25)26)28-8-9-1-2-14-10(5-9)3-4-31(14)27/h1-2,5-7,25-26H,3-4,8H2,(H2,23,24). The third-order valence-electron chi connectivity index (χ3n) is 4.83. The smallest absolute Gasteiger partial charge is 0.349 e. The van der Waals surface area contributed by atoms with Crippen LogP contribution in [0, 0.1) is 0 Å². The van der Waals surface area contributed by atoms with Gasteiger partial charge in [-0.2, -0.15) is 8.78 Å². The maximum Gasteiger partial charge on any atom is 0.349 e. The molecule has 0 spiro atoms. The molecule has 2 aromatic carbocycles.